The molecule has 0 amide bonds. The molecule has 3 aromatic carbocycles. The number of hydrogen-bond donors (Lipinski definition) is 0. The van der Waals surface area contributed by atoms with Crippen LogP contribution in [0.4, 0.5) is 5.69 Å². The lowest BCUT2D eigenvalue weighted by Gasteiger charge is -2.19. The zero-order valence-electron chi connectivity index (χ0n) is 13.5. The maximum absolute atomic E-state index is 12.9. The van der Waals surface area contributed by atoms with Crippen LogP contribution in [-0.2, 0) is 21.3 Å². The van der Waals surface area contributed by atoms with Crippen molar-refractivity contribution in [3.05, 3.63) is 71.8 Å². The average molecular weight is 353 g/mol. The molecule has 3 aromatic rings. The second-order valence-corrected chi connectivity index (χ2v) is 7.66. The molecule has 0 aliphatic carbocycles. The van der Waals surface area contributed by atoms with Crippen LogP contribution in [0.1, 0.15) is 15.9 Å². The summed E-state index contributed by atoms with van der Waals surface area (Å²) in [6.07, 6.45) is 0. The molecule has 0 saturated heterocycles. The van der Waals surface area contributed by atoms with Crippen molar-refractivity contribution in [2.24, 2.45) is 0 Å². The number of methoxy groups -OCH3 is 1. The zero-order chi connectivity index (χ0) is 17.6. The highest BCUT2D eigenvalue weighted by Gasteiger charge is 2.35. The van der Waals surface area contributed by atoms with E-state index in [-0.39, 0.29) is 6.54 Å². The monoisotopic (exact) mass is 353 g/mol. The molecule has 0 radical (unpaired) electrons. The molecule has 126 valence electrons. The lowest BCUT2D eigenvalue weighted by molar-refractivity contribution is 0.0600. The first kappa shape index (κ1) is 15.7. The van der Waals surface area contributed by atoms with Gasteiger partial charge in [0.2, 0.25) is 0 Å². The van der Waals surface area contributed by atoms with Crippen molar-refractivity contribution in [3.63, 3.8) is 0 Å². The lowest BCUT2D eigenvalue weighted by atomic mass is 10.1. The van der Waals surface area contributed by atoms with Crippen molar-refractivity contribution in [3.8, 4) is 0 Å². The van der Waals surface area contributed by atoms with Gasteiger partial charge in [-0.1, -0.05) is 36.4 Å². The number of rotatable bonds is 3. The molecule has 0 atom stereocenters. The number of esters is 1. The molecular formula is C19H15NO4S. The molecular weight excluding hydrogens is 338 g/mol. The van der Waals surface area contributed by atoms with Crippen LogP contribution in [0, 0.1) is 0 Å². The fourth-order valence-electron chi connectivity index (χ4n) is 3.16. The van der Waals surface area contributed by atoms with Crippen molar-refractivity contribution in [2.45, 2.75) is 11.4 Å². The summed E-state index contributed by atoms with van der Waals surface area (Å²) in [6, 6.07) is 17.6. The Morgan fingerprint density at radius 1 is 1.00 bits per heavy atom. The van der Waals surface area contributed by atoms with Gasteiger partial charge in [-0.3, -0.25) is 4.31 Å². The van der Waals surface area contributed by atoms with Gasteiger partial charge in [0.1, 0.15) is 0 Å². The van der Waals surface area contributed by atoms with Gasteiger partial charge in [-0.05, 0) is 35.2 Å². The highest BCUT2D eigenvalue weighted by atomic mass is 32.2. The minimum atomic E-state index is -3.59. The summed E-state index contributed by atoms with van der Waals surface area (Å²) in [6.45, 7) is 0.206. The van der Waals surface area contributed by atoms with E-state index in [4.69, 9.17) is 0 Å². The predicted octanol–water partition coefficient (Wildman–Crippen LogP) is 3.34. The van der Waals surface area contributed by atoms with E-state index in [0.717, 1.165) is 16.3 Å². The van der Waals surface area contributed by atoms with E-state index >= 15 is 0 Å². The van der Waals surface area contributed by atoms with Gasteiger partial charge in [0.15, 0.2) is 0 Å². The van der Waals surface area contributed by atoms with Crippen LogP contribution in [0.15, 0.2) is 65.6 Å². The second kappa shape index (κ2) is 5.60. The topological polar surface area (TPSA) is 63.7 Å². The number of hydrogen-bond acceptors (Lipinski definition) is 4. The molecule has 0 bridgehead atoms. The minimum Gasteiger partial charge on any atom is -0.465 e. The highest BCUT2D eigenvalue weighted by Crippen LogP contribution is 2.42. The van der Waals surface area contributed by atoms with Crippen LogP contribution in [0.25, 0.3) is 10.8 Å². The molecule has 6 heteroatoms. The summed E-state index contributed by atoms with van der Waals surface area (Å²) in [5.74, 6) is -0.419. The van der Waals surface area contributed by atoms with Crippen molar-refractivity contribution >= 4 is 32.5 Å². The number of carbonyl (C=O) groups excluding carboxylic acids is 1. The van der Waals surface area contributed by atoms with E-state index in [1.807, 2.05) is 24.3 Å². The number of carbonyl (C=O) groups is 1. The molecule has 0 aromatic heterocycles. The van der Waals surface area contributed by atoms with Crippen molar-refractivity contribution in [2.75, 3.05) is 11.4 Å². The standard InChI is InChI=1S/C19H15NO4S/c1-24-19(21)15-10-8-13(9-11-15)12-20-16-6-2-4-14-5-3-7-17(18(14)16)25(20,22)23/h2-11H,12H2,1H3. The third-order valence-corrected chi connectivity index (χ3v) is 6.18. The van der Waals surface area contributed by atoms with Crippen LogP contribution < -0.4 is 4.31 Å². The van der Waals surface area contributed by atoms with E-state index < -0.39 is 16.0 Å². The molecule has 0 saturated carbocycles. The van der Waals surface area contributed by atoms with Crippen LogP contribution >= 0.6 is 0 Å². The maximum atomic E-state index is 12.9. The summed E-state index contributed by atoms with van der Waals surface area (Å²) in [4.78, 5) is 11.9. The van der Waals surface area contributed by atoms with Crippen LogP contribution in [0.5, 0.6) is 0 Å². The Labute approximate surface area is 145 Å². The van der Waals surface area contributed by atoms with E-state index in [2.05, 4.69) is 4.74 Å². The minimum absolute atomic E-state index is 0.206. The molecule has 0 spiro atoms. The molecule has 0 unspecified atom stereocenters. The van der Waals surface area contributed by atoms with E-state index in [1.54, 1.807) is 36.4 Å². The molecule has 0 fully saturated rings. The molecule has 25 heavy (non-hydrogen) atoms. The molecule has 5 nitrogen and oxygen atoms in total. The van der Waals surface area contributed by atoms with Gasteiger partial charge in [-0.2, -0.15) is 0 Å². The summed E-state index contributed by atoms with van der Waals surface area (Å²) in [5, 5.41) is 1.67. The summed E-state index contributed by atoms with van der Waals surface area (Å²) < 4.78 is 32.0. The van der Waals surface area contributed by atoms with Gasteiger partial charge in [0.25, 0.3) is 10.0 Å². The van der Waals surface area contributed by atoms with Gasteiger partial charge >= 0.3 is 5.97 Å². The van der Waals surface area contributed by atoms with Gasteiger partial charge in [0, 0.05) is 5.39 Å². The maximum Gasteiger partial charge on any atom is 0.337 e. The van der Waals surface area contributed by atoms with Crippen molar-refractivity contribution in [1.82, 2.24) is 0 Å². The van der Waals surface area contributed by atoms with Gasteiger partial charge in [-0.25, -0.2) is 13.2 Å². The van der Waals surface area contributed by atoms with Crippen LogP contribution in [0.2, 0.25) is 0 Å². The van der Waals surface area contributed by atoms with Gasteiger partial charge in [-0.15, -0.1) is 0 Å². The van der Waals surface area contributed by atoms with E-state index in [0.29, 0.717) is 16.1 Å². The number of anilines is 1. The fourth-order valence-corrected chi connectivity index (χ4v) is 4.86. The number of nitrogens with zero attached hydrogens (tertiary/aromatic N) is 1. The largest absolute Gasteiger partial charge is 0.465 e. The second-order valence-electron chi connectivity index (χ2n) is 5.83. The number of ether oxygens (including phenoxy) is 1. The summed E-state index contributed by atoms with van der Waals surface area (Å²) in [5.41, 5.74) is 1.91. The Balaban J connectivity index is 1.75. The van der Waals surface area contributed by atoms with Crippen LogP contribution in [-0.4, -0.2) is 21.5 Å². The smallest absolute Gasteiger partial charge is 0.337 e. The Kier molecular flexibility index (Phi) is 3.51. The third-order valence-electron chi connectivity index (χ3n) is 4.38. The first-order valence-corrected chi connectivity index (χ1v) is 9.18. The van der Waals surface area contributed by atoms with Gasteiger partial charge in [0.05, 0.1) is 29.8 Å². The SMILES string of the molecule is COC(=O)c1ccc(CN2c3cccc4cccc(c34)S2(=O)=O)cc1. The first-order chi connectivity index (χ1) is 12.0. The van der Waals surface area contributed by atoms with Gasteiger partial charge < -0.3 is 4.74 Å². The quantitative estimate of drug-likeness (QED) is 0.678. The number of sulfonamides is 1. The molecule has 1 aliphatic rings. The van der Waals surface area contributed by atoms with E-state index in [9.17, 15) is 13.2 Å². The Morgan fingerprint density at radius 3 is 2.36 bits per heavy atom. The first-order valence-electron chi connectivity index (χ1n) is 7.74. The lowest BCUT2D eigenvalue weighted by Crippen LogP contribution is -2.26. The normalized spacial score (nSPS) is 14.7. The van der Waals surface area contributed by atoms with Crippen molar-refractivity contribution in [1.29, 1.82) is 0 Å². The Morgan fingerprint density at radius 2 is 1.68 bits per heavy atom. The van der Waals surface area contributed by atoms with E-state index in [1.165, 1.54) is 11.4 Å². The molecule has 1 aliphatic heterocycles. The zero-order valence-corrected chi connectivity index (χ0v) is 14.3. The highest BCUT2D eigenvalue weighted by molar-refractivity contribution is 7.93. The average Bonchev–Trinajstić information content (AvgIpc) is 2.85. The summed E-state index contributed by atoms with van der Waals surface area (Å²) in [7, 11) is -2.26. The fraction of sp³-hybridized carbons (Fsp3) is 0.105. The Hall–Kier alpha value is -2.86. The van der Waals surface area contributed by atoms with Crippen LogP contribution in [0.3, 0.4) is 0 Å². The Bertz CT molecular complexity index is 1080. The van der Waals surface area contributed by atoms with Crippen molar-refractivity contribution < 1.29 is 17.9 Å². The number of benzene rings is 3. The third kappa shape index (κ3) is 2.37. The predicted molar refractivity (Wildman–Crippen MR) is 95.1 cm³/mol. The molecule has 4 rings (SSSR count). The molecule has 0 N–H and O–H groups in total. The summed E-state index contributed by atoms with van der Waals surface area (Å²) >= 11 is 0. The molecule has 1 heterocycles.